The van der Waals surface area contributed by atoms with Crippen LogP contribution < -0.4 is 5.32 Å². The lowest BCUT2D eigenvalue weighted by Gasteiger charge is -2.15. The molecule has 3 rings (SSSR count). The van der Waals surface area contributed by atoms with Crippen molar-refractivity contribution in [3.63, 3.8) is 0 Å². The van der Waals surface area contributed by atoms with E-state index in [0.29, 0.717) is 16.3 Å². The van der Waals surface area contributed by atoms with Crippen LogP contribution in [0.25, 0.3) is 10.9 Å². The molecule has 0 aliphatic heterocycles. The molecule has 0 aliphatic carbocycles. The molecule has 31 heavy (non-hydrogen) atoms. The second-order valence-corrected chi connectivity index (χ2v) is 9.96. The number of rotatable bonds is 6. The highest BCUT2D eigenvalue weighted by atomic mass is 35.5. The van der Waals surface area contributed by atoms with Gasteiger partial charge in [0.1, 0.15) is 5.69 Å². The molecule has 9 heteroatoms. The number of hydrogen-bond acceptors (Lipinski definition) is 4. The third kappa shape index (κ3) is 4.45. The molecule has 0 saturated carbocycles. The van der Waals surface area contributed by atoms with Gasteiger partial charge < -0.3 is 15.0 Å². The molecule has 1 atom stereocenters. The van der Waals surface area contributed by atoms with Crippen molar-refractivity contribution in [2.45, 2.75) is 31.7 Å². The third-order valence-electron chi connectivity index (χ3n) is 5.41. The largest absolute Gasteiger partial charge is 0.480 e. The minimum absolute atomic E-state index is 0.0775. The van der Waals surface area contributed by atoms with Gasteiger partial charge in [-0.2, -0.15) is 0 Å². The molecule has 0 fully saturated rings. The first-order valence-electron chi connectivity index (χ1n) is 9.53. The number of aryl methyl sites for hydroxylation is 3. The molecule has 0 spiro atoms. The maximum atomic E-state index is 12.9. The van der Waals surface area contributed by atoms with Crippen molar-refractivity contribution in [2.24, 2.45) is 7.05 Å². The van der Waals surface area contributed by atoms with E-state index < -0.39 is 27.6 Å². The first kappa shape index (κ1) is 22.8. The molecule has 0 radical (unpaired) electrons. The molecule has 0 saturated heterocycles. The highest BCUT2D eigenvalue weighted by Crippen LogP contribution is 2.31. The van der Waals surface area contributed by atoms with Gasteiger partial charge in [0.2, 0.25) is 0 Å². The topological polar surface area (TPSA) is 105 Å². The molecule has 1 unspecified atom stereocenters. The molecule has 1 heterocycles. The fraction of sp³-hybridized carbons (Fsp3) is 0.273. The SMILES string of the molecule is Cc1cc(Cl)c2cc(C(=O)NC(C)c3ccc(S(=O)(=O)CC(=O)O)cc3)n(C)c2c1C. The Balaban J connectivity index is 1.84. The summed E-state index contributed by atoms with van der Waals surface area (Å²) in [6.45, 7) is 5.73. The molecule has 1 aromatic heterocycles. The van der Waals surface area contributed by atoms with Gasteiger partial charge >= 0.3 is 5.97 Å². The zero-order chi connectivity index (χ0) is 23.1. The maximum absolute atomic E-state index is 12.9. The van der Waals surface area contributed by atoms with Crippen LogP contribution in [0.3, 0.4) is 0 Å². The minimum atomic E-state index is -3.90. The van der Waals surface area contributed by atoms with Crippen molar-refractivity contribution in [3.05, 3.63) is 63.8 Å². The predicted molar refractivity (Wildman–Crippen MR) is 119 cm³/mol. The first-order valence-corrected chi connectivity index (χ1v) is 11.6. The van der Waals surface area contributed by atoms with Crippen molar-refractivity contribution in [3.8, 4) is 0 Å². The summed E-state index contributed by atoms with van der Waals surface area (Å²) in [4.78, 5) is 23.6. The zero-order valence-corrected chi connectivity index (χ0v) is 19.1. The van der Waals surface area contributed by atoms with Crippen LogP contribution in [0.1, 0.15) is 40.1 Å². The van der Waals surface area contributed by atoms with Gasteiger partial charge in [0.15, 0.2) is 15.6 Å². The summed E-state index contributed by atoms with van der Waals surface area (Å²) in [5.74, 6) is -2.67. The Morgan fingerprint density at radius 2 is 1.77 bits per heavy atom. The Hall–Kier alpha value is -2.84. The Kier molecular flexibility index (Phi) is 6.16. The number of aromatic nitrogens is 1. The Bertz CT molecular complexity index is 1290. The number of halogens is 1. The van der Waals surface area contributed by atoms with Crippen LogP contribution in [0, 0.1) is 13.8 Å². The number of carboxylic acid groups (broad SMARTS) is 1. The number of nitrogens with one attached hydrogen (secondary N) is 1. The number of carbonyl (C=O) groups is 2. The van der Waals surface area contributed by atoms with Gasteiger partial charge in [0, 0.05) is 12.4 Å². The van der Waals surface area contributed by atoms with Gasteiger partial charge in [0.25, 0.3) is 5.91 Å². The second-order valence-electron chi connectivity index (χ2n) is 7.57. The predicted octanol–water partition coefficient (Wildman–Crippen LogP) is 3.80. The van der Waals surface area contributed by atoms with Crippen molar-refractivity contribution in [1.29, 1.82) is 0 Å². The molecular weight excluding hydrogens is 440 g/mol. The van der Waals surface area contributed by atoms with Gasteiger partial charge in [0.05, 0.1) is 21.5 Å². The van der Waals surface area contributed by atoms with Gasteiger partial charge in [-0.3, -0.25) is 9.59 Å². The number of carboxylic acids is 1. The molecule has 3 aromatic rings. The molecule has 0 aliphatic rings. The normalized spacial score (nSPS) is 12.7. The number of fused-ring (bicyclic) bond motifs is 1. The Morgan fingerprint density at radius 3 is 2.35 bits per heavy atom. The van der Waals surface area contributed by atoms with E-state index in [1.54, 1.807) is 25.1 Å². The third-order valence-corrected chi connectivity index (χ3v) is 7.34. The van der Waals surface area contributed by atoms with Gasteiger partial charge in [-0.25, -0.2) is 8.42 Å². The number of carbonyl (C=O) groups excluding carboxylic acids is 1. The molecule has 1 amide bonds. The molecule has 2 N–H and O–H groups in total. The van der Waals surface area contributed by atoms with Crippen molar-refractivity contribution in [1.82, 2.24) is 9.88 Å². The van der Waals surface area contributed by atoms with Crippen LogP contribution in [0.5, 0.6) is 0 Å². The van der Waals surface area contributed by atoms with Crippen LogP contribution in [0.2, 0.25) is 5.02 Å². The smallest absolute Gasteiger partial charge is 0.319 e. The number of benzene rings is 2. The summed E-state index contributed by atoms with van der Waals surface area (Å²) in [6.07, 6.45) is 0. The van der Waals surface area contributed by atoms with Gasteiger partial charge in [-0.1, -0.05) is 23.7 Å². The molecular formula is C22H23ClN2O5S. The quantitative estimate of drug-likeness (QED) is 0.579. The molecule has 7 nitrogen and oxygen atoms in total. The number of aliphatic carboxylic acids is 1. The highest BCUT2D eigenvalue weighted by Gasteiger charge is 2.21. The second kappa shape index (κ2) is 8.36. The van der Waals surface area contributed by atoms with Crippen molar-refractivity contribution < 1.29 is 23.1 Å². The number of hydrogen-bond donors (Lipinski definition) is 2. The number of amides is 1. The lowest BCUT2D eigenvalue weighted by molar-refractivity contribution is -0.134. The summed E-state index contributed by atoms with van der Waals surface area (Å²) in [7, 11) is -2.09. The fourth-order valence-electron chi connectivity index (χ4n) is 3.58. The van der Waals surface area contributed by atoms with E-state index >= 15 is 0 Å². The average Bonchev–Trinajstić information content (AvgIpc) is 3.03. The van der Waals surface area contributed by atoms with Crippen molar-refractivity contribution >= 4 is 44.2 Å². The fourth-order valence-corrected chi connectivity index (χ4v) is 4.93. The molecule has 2 aromatic carbocycles. The van der Waals surface area contributed by atoms with E-state index in [4.69, 9.17) is 16.7 Å². The molecule has 0 bridgehead atoms. The lowest BCUT2D eigenvalue weighted by atomic mass is 10.1. The maximum Gasteiger partial charge on any atom is 0.319 e. The standard InChI is InChI=1S/C22H23ClN2O5S/c1-12-9-18(23)17-10-19(25(4)21(17)13(12)2)22(28)24-14(3)15-5-7-16(8-6-15)31(29,30)11-20(26)27/h5-10,14H,11H2,1-4H3,(H,24,28)(H,26,27). The molecule has 164 valence electrons. The highest BCUT2D eigenvalue weighted by molar-refractivity contribution is 7.92. The van der Waals surface area contributed by atoms with Crippen LogP contribution in [0.4, 0.5) is 0 Å². The Labute approximate surface area is 185 Å². The van der Waals surface area contributed by atoms with E-state index in [9.17, 15) is 18.0 Å². The van der Waals surface area contributed by atoms with Gasteiger partial charge in [-0.05, 0) is 61.7 Å². The number of sulfone groups is 1. The summed E-state index contributed by atoms with van der Waals surface area (Å²) in [5.41, 5.74) is 4.13. The van der Waals surface area contributed by atoms with Crippen LogP contribution in [-0.2, 0) is 21.7 Å². The van der Waals surface area contributed by atoms with E-state index in [1.165, 1.54) is 12.1 Å². The van der Waals surface area contributed by atoms with Crippen molar-refractivity contribution in [2.75, 3.05) is 5.75 Å². The zero-order valence-electron chi connectivity index (χ0n) is 17.6. The summed E-state index contributed by atoms with van der Waals surface area (Å²) >= 11 is 6.38. The van der Waals surface area contributed by atoms with E-state index in [2.05, 4.69) is 5.32 Å². The Morgan fingerprint density at radius 1 is 1.16 bits per heavy atom. The number of nitrogens with zero attached hydrogens (tertiary/aromatic N) is 1. The minimum Gasteiger partial charge on any atom is -0.480 e. The lowest BCUT2D eigenvalue weighted by Crippen LogP contribution is -2.28. The summed E-state index contributed by atoms with van der Waals surface area (Å²) in [5, 5.41) is 13.0. The van der Waals surface area contributed by atoms with Crippen LogP contribution in [0.15, 0.2) is 41.3 Å². The van der Waals surface area contributed by atoms with Crippen LogP contribution in [-0.4, -0.2) is 35.7 Å². The summed E-state index contributed by atoms with van der Waals surface area (Å²) in [6, 6.07) is 9.05. The summed E-state index contributed by atoms with van der Waals surface area (Å²) < 4.78 is 25.9. The average molecular weight is 463 g/mol. The first-order chi connectivity index (χ1) is 14.4. The van der Waals surface area contributed by atoms with E-state index in [-0.39, 0.29) is 10.8 Å². The van der Waals surface area contributed by atoms with Crippen LogP contribution >= 0.6 is 11.6 Å². The van der Waals surface area contributed by atoms with Gasteiger partial charge in [-0.15, -0.1) is 0 Å². The van der Waals surface area contributed by atoms with E-state index in [1.807, 2.05) is 31.5 Å². The monoisotopic (exact) mass is 462 g/mol. The van der Waals surface area contributed by atoms with E-state index in [0.717, 1.165) is 22.0 Å².